The van der Waals surface area contributed by atoms with E-state index in [2.05, 4.69) is 171 Å². The van der Waals surface area contributed by atoms with Gasteiger partial charge >= 0.3 is 0 Å². The lowest BCUT2D eigenvalue weighted by Crippen LogP contribution is -1.89. The van der Waals surface area contributed by atoms with E-state index in [1.807, 2.05) is 0 Å². The second-order valence-electron chi connectivity index (χ2n) is 12.2. The molecule has 0 aliphatic carbocycles. The maximum atomic E-state index is 2.38. The highest BCUT2D eigenvalue weighted by Crippen LogP contribution is 2.41. The van der Waals surface area contributed by atoms with Crippen LogP contribution in [-0.4, -0.2) is 0 Å². The first-order chi connectivity index (χ1) is 22.2. The number of benzene rings is 9. The monoisotopic (exact) mass is 570 g/mol. The highest BCUT2D eigenvalue weighted by molar-refractivity contribution is 6.21. The van der Waals surface area contributed by atoms with Crippen molar-refractivity contribution >= 4 is 53.9 Å². The minimum Gasteiger partial charge on any atom is -0.0616 e. The largest absolute Gasteiger partial charge is 0.0616 e. The lowest BCUT2D eigenvalue weighted by atomic mass is 9.88. The zero-order valence-electron chi connectivity index (χ0n) is 25.1. The van der Waals surface area contributed by atoms with Crippen LogP contribution in [0.5, 0.6) is 0 Å². The van der Waals surface area contributed by atoms with Crippen molar-refractivity contribution in [2.45, 2.75) is 6.92 Å². The van der Waals surface area contributed by atoms with Crippen molar-refractivity contribution < 1.29 is 0 Å². The Balaban J connectivity index is 1.16. The van der Waals surface area contributed by atoms with Crippen molar-refractivity contribution in [2.75, 3.05) is 0 Å². The van der Waals surface area contributed by atoms with Crippen molar-refractivity contribution in [3.8, 4) is 33.4 Å². The summed E-state index contributed by atoms with van der Waals surface area (Å²) in [6.07, 6.45) is 0. The zero-order valence-corrected chi connectivity index (χ0v) is 25.1. The minimum atomic E-state index is 1.23. The van der Waals surface area contributed by atoms with E-state index in [-0.39, 0.29) is 0 Å². The maximum Gasteiger partial charge on any atom is -0.00264 e. The second kappa shape index (κ2) is 10.2. The van der Waals surface area contributed by atoms with Crippen molar-refractivity contribution in [2.24, 2.45) is 0 Å². The average Bonchev–Trinajstić information content (AvgIpc) is 3.10. The molecule has 9 rings (SSSR count). The topological polar surface area (TPSA) is 0 Å². The smallest absolute Gasteiger partial charge is 0.00264 e. The Kier molecular flexibility index (Phi) is 5.83. The highest BCUT2D eigenvalue weighted by atomic mass is 14.2. The Hall–Kier alpha value is -5.72. The molecule has 0 N–H and O–H groups in total. The van der Waals surface area contributed by atoms with Gasteiger partial charge in [0.05, 0.1) is 0 Å². The molecule has 0 bridgehead atoms. The van der Waals surface area contributed by atoms with Crippen LogP contribution >= 0.6 is 0 Å². The van der Waals surface area contributed by atoms with E-state index in [1.54, 1.807) is 0 Å². The molecule has 0 spiro atoms. The highest BCUT2D eigenvalue weighted by Gasteiger charge is 2.14. The van der Waals surface area contributed by atoms with Gasteiger partial charge in [0.25, 0.3) is 0 Å². The van der Waals surface area contributed by atoms with Gasteiger partial charge in [-0.1, -0.05) is 133 Å². The molecule has 0 saturated heterocycles. The molecule has 9 aromatic rings. The SMILES string of the molecule is Cc1cccc2ccc3c(-c4ccc5cc(-c6cccc(-c7ccc8ccccc8c7)c6)ccc5c4)c4ccccc4cc3c12. The van der Waals surface area contributed by atoms with Crippen LogP contribution in [0.4, 0.5) is 0 Å². The van der Waals surface area contributed by atoms with Crippen LogP contribution in [0.1, 0.15) is 5.56 Å². The molecule has 9 aromatic carbocycles. The number of hydrogen-bond donors (Lipinski definition) is 0. The molecule has 0 saturated carbocycles. The van der Waals surface area contributed by atoms with E-state index < -0.39 is 0 Å². The van der Waals surface area contributed by atoms with Gasteiger partial charge in [-0.05, 0) is 130 Å². The summed E-state index contributed by atoms with van der Waals surface area (Å²) in [5.74, 6) is 0. The summed E-state index contributed by atoms with van der Waals surface area (Å²) in [5.41, 5.74) is 8.82. The Labute approximate surface area is 262 Å². The van der Waals surface area contributed by atoms with Crippen LogP contribution in [0.25, 0.3) is 87.2 Å². The predicted octanol–water partition coefficient (Wildman–Crippen LogP) is 12.8. The molecular formula is C45H30. The first kappa shape index (κ1) is 25.7. The van der Waals surface area contributed by atoms with E-state index in [0.717, 1.165) is 0 Å². The summed E-state index contributed by atoms with van der Waals surface area (Å²) in [6, 6.07) is 60.4. The Morgan fingerprint density at radius 2 is 0.822 bits per heavy atom. The van der Waals surface area contributed by atoms with Gasteiger partial charge in [-0.3, -0.25) is 0 Å². The van der Waals surface area contributed by atoms with Gasteiger partial charge in [-0.2, -0.15) is 0 Å². The third-order valence-corrected chi connectivity index (χ3v) is 9.50. The van der Waals surface area contributed by atoms with Gasteiger partial charge < -0.3 is 0 Å². The van der Waals surface area contributed by atoms with Crippen molar-refractivity contribution in [1.82, 2.24) is 0 Å². The summed E-state index contributed by atoms with van der Waals surface area (Å²) in [7, 11) is 0. The predicted molar refractivity (Wildman–Crippen MR) is 195 cm³/mol. The van der Waals surface area contributed by atoms with Crippen LogP contribution in [0.3, 0.4) is 0 Å². The molecule has 0 aliphatic rings. The molecule has 0 amide bonds. The third-order valence-electron chi connectivity index (χ3n) is 9.50. The van der Waals surface area contributed by atoms with Crippen LogP contribution in [0.2, 0.25) is 0 Å². The molecule has 0 nitrogen and oxygen atoms in total. The summed E-state index contributed by atoms with van der Waals surface area (Å²) >= 11 is 0. The summed E-state index contributed by atoms with van der Waals surface area (Å²) < 4.78 is 0. The van der Waals surface area contributed by atoms with E-state index >= 15 is 0 Å². The summed E-state index contributed by atoms with van der Waals surface area (Å²) in [6.45, 7) is 2.22. The summed E-state index contributed by atoms with van der Waals surface area (Å²) in [4.78, 5) is 0. The van der Waals surface area contributed by atoms with Gasteiger partial charge in [-0.25, -0.2) is 0 Å². The fraction of sp³-hybridized carbons (Fsp3) is 0.0222. The van der Waals surface area contributed by atoms with Crippen molar-refractivity contribution in [3.63, 3.8) is 0 Å². The van der Waals surface area contributed by atoms with Gasteiger partial charge in [0.2, 0.25) is 0 Å². The molecule has 210 valence electrons. The van der Waals surface area contributed by atoms with E-state index in [1.165, 1.54) is 92.8 Å². The average molecular weight is 571 g/mol. The maximum absolute atomic E-state index is 2.38. The molecule has 0 atom stereocenters. The lowest BCUT2D eigenvalue weighted by molar-refractivity contribution is 1.54. The quantitative estimate of drug-likeness (QED) is 0.146. The molecule has 0 aliphatic heterocycles. The third kappa shape index (κ3) is 4.30. The number of fused-ring (bicyclic) bond motifs is 6. The summed E-state index contributed by atoms with van der Waals surface area (Å²) in [5, 5.41) is 12.9. The molecule has 0 heteroatoms. The molecule has 0 aromatic heterocycles. The van der Waals surface area contributed by atoms with Crippen LogP contribution < -0.4 is 0 Å². The van der Waals surface area contributed by atoms with E-state index in [0.29, 0.717) is 0 Å². The van der Waals surface area contributed by atoms with E-state index in [9.17, 15) is 0 Å². The number of rotatable bonds is 3. The van der Waals surface area contributed by atoms with Crippen LogP contribution in [0.15, 0.2) is 164 Å². The number of aryl methyl sites for hydroxylation is 1. The van der Waals surface area contributed by atoms with Gasteiger partial charge in [0.15, 0.2) is 0 Å². The fourth-order valence-corrected chi connectivity index (χ4v) is 7.25. The first-order valence-corrected chi connectivity index (χ1v) is 15.7. The van der Waals surface area contributed by atoms with Crippen LogP contribution in [0, 0.1) is 6.92 Å². The second-order valence-corrected chi connectivity index (χ2v) is 12.2. The first-order valence-electron chi connectivity index (χ1n) is 15.7. The fourth-order valence-electron chi connectivity index (χ4n) is 7.25. The molecule has 45 heavy (non-hydrogen) atoms. The van der Waals surface area contributed by atoms with Gasteiger partial charge in [0.1, 0.15) is 0 Å². The van der Waals surface area contributed by atoms with Crippen molar-refractivity contribution in [3.05, 3.63) is 169 Å². The Bertz CT molecular complexity index is 2600. The molecule has 0 unspecified atom stereocenters. The van der Waals surface area contributed by atoms with Gasteiger partial charge in [-0.15, -0.1) is 0 Å². The molecule has 0 radical (unpaired) electrons. The molecule has 0 fully saturated rings. The normalized spacial score (nSPS) is 11.7. The Morgan fingerprint density at radius 1 is 0.289 bits per heavy atom. The van der Waals surface area contributed by atoms with E-state index in [4.69, 9.17) is 0 Å². The standard InChI is InChI=1S/C45H30/c1-29-8-6-12-31-22-23-42-43(44(29)31)28-39-11-4-5-15-41(39)45(42)40-21-20-37-26-36(18-19-38(37)27-40)34-14-7-13-33(25-34)35-17-16-30-9-2-3-10-32(30)24-35/h2-28H,1H3. The van der Waals surface area contributed by atoms with Crippen molar-refractivity contribution in [1.29, 1.82) is 0 Å². The number of hydrogen-bond acceptors (Lipinski definition) is 0. The Morgan fingerprint density at radius 3 is 1.60 bits per heavy atom. The van der Waals surface area contributed by atoms with Crippen LogP contribution in [-0.2, 0) is 0 Å². The molecular weight excluding hydrogens is 540 g/mol. The molecule has 0 heterocycles. The lowest BCUT2D eigenvalue weighted by Gasteiger charge is -2.16. The minimum absolute atomic E-state index is 1.23. The zero-order chi connectivity index (χ0) is 29.9. The van der Waals surface area contributed by atoms with Gasteiger partial charge in [0, 0.05) is 0 Å².